The Bertz CT molecular complexity index is 1100. The normalized spacial score (nSPS) is 14.7. The summed E-state index contributed by atoms with van der Waals surface area (Å²) in [4.78, 5) is 28.8. The second kappa shape index (κ2) is 11.0. The summed E-state index contributed by atoms with van der Waals surface area (Å²) in [6.45, 7) is 10.3. The molecule has 1 fully saturated rings. The van der Waals surface area contributed by atoms with Crippen LogP contribution in [-0.4, -0.2) is 72.1 Å². The highest BCUT2D eigenvalue weighted by molar-refractivity contribution is 6.02. The second-order valence-corrected chi connectivity index (χ2v) is 8.82. The summed E-state index contributed by atoms with van der Waals surface area (Å²) in [6, 6.07) is 11.9. The van der Waals surface area contributed by atoms with Crippen LogP contribution in [-0.2, 0) is 9.59 Å². The number of nitrogens with one attached hydrogen (secondary N) is 1. The Hall–Kier alpha value is -3.57. The molecule has 0 atom stereocenters. The summed E-state index contributed by atoms with van der Waals surface area (Å²) in [6.07, 6.45) is 1.67. The average molecular weight is 464 g/mol. The molecule has 1 aromatic heterocycles. The smallest absolute Gasteiger partial charge is 0.264 e. The van der Waals surface area contributed by atoms with E-state index in [4.69, 9.17) is 4.74 Å². The molecule has 2 aromatic rings. The molecule has 0 aliphatic carbocycles. The van der Waals surface area contributed by atoms with Gasteiger partial charge in [0.2, 0.25) is 5.91 Å². The summed E-state index contributed by atoms with van der Waals surface area (Å²) in [7, 11) is 1.63. The fraction of sp³-hybridized carbons (Fsp3) is 0.423. The molecule has 1 N–H and O–H groups in total. The van der Waals surface area contributed by atoms with Gasteiger partial charge >= 0.3 is 0 Å². The number of amides is 2. The summed E-state index contributed by atoms with van der Waals surface area (Å²) < 4.78 is 7.33. The van der Waals surface area contributed by atoms with Crippen molar-refractivity contribution in [2.75, 3.05) is 39.8 Å². The molecule has 1 aliphatic heterocycles. The zero-order chi connectivity index (χ0) is 24.8. The maximum absolute atomic E-state index is 13.1. The minimum atomic E-state index is -0.275. The predicted octanol–water partition coefficient (Wildman–Crippen LogP) is 2.68. The lowest BCUT2D eigenvalue weighted by Crippen LogP contribution is -2.51. The molecule has 180 valence electrons. The number of carbonyl (C=O) groups excluding carboxylic acids is 2. The van der Waals surface area contributed by atoms with Crippen molar-refractivity contribution < 1.29 is 14.3 Å². The third-order valence-corrected chi connectivity index (χ3v) is 5.93. The van der Waals surface area contributed by atoms with Crippen molar-refractivity contribution in [1.29, 1.82) is 5.26 Å². The molecule has 2 amide bonds. The molecule has 0 radical (unpaired) electrons. The molecule has 0 spiro atoms. The number of carbonyl (C=O) groups is 2. The van der Waals surface area contributed by atoms with Gasteiger partial charge in [-0.3, -0.25) is 14.5 Å². The highest BCUT2D eigenvalue weighted by Gasteiger charge is 2.25. The van der Waals surface area contributed by atoms with Crippen LogP contribution in [0, 0.1) is 25.2 Å². The van der Waals surface area contributed by atoms with Crippen LogP contribution < -0.4 is 10.1 Å². The van der Waals surface area contributed by atoms with Gasteiger partial charge in [0.15, 0.2) is 0 Å². The van der Waals surface area contributed by atoms with Crippen LogP contribution in [0.2, 0.25) is 0 Å². The lowest BCUT2D eigenvalue weighted by Gasteiger charge is -2.34. The van der Waals surface area contributed by atoms with Crippen molar-refractivity contribution in [3.63, 3.8) is 0 Å². The number of nitriles is 1. The quantitative estimate of drug-likeness (QED) is 0.504. The molecule has 8 nitrogen and oxygen atoms in total. The SMILES string of the molecule is COc1ccc(-n2c(C)cc(/C=C(\C#N)C(=O)N3CCN(CC(=O)NC(C)C)CC3)c2C)cc1. The van der Waals surface area contributed by atoms with Gasteiger partial charge in [0.05, 0.1) is 13.7 Å². The third-order valence-electron chi connectivity index (χ3n) is 5.93. The average Bonchev–Trinajstić information content (AvgIpc) is 3.09. The number of nitrogens with zero attached hydrogens (tertiary/aromatic N) is 4. The fourth-order valence-electron chi connectivity index (χ4n) is 4.21. The second-order valence-electron chi connectivity index (χ2n) is 8.82. The number of hydrogen-bond donors (Lipinski definition) is 1. The number of aryl methyl sites for hydroxylation is 1. The first-order chi connectivity index (χ1) is 16.2. The Balaban J connectivity index is 1.71. The van der Waals surface area contributed by atoms with Crippen molar-refractivity contribution in [3.05, 3.63) is 52.9 Å². The van der Waals surface area contributed by atoms with Crippen LogP contribution >= 0.6 is 0 Å². The number of piperazine rings is 1. The van der Waals surface area contributed by atoms with Gasteiger partial charge in [0, 0.05) is 49.3 Å². The maximum Gasteiger partial charge on any atom is 0.264 e. The van der Waals surface area contributed by atoms with Crippen molar-refractivity contribution in [2.45, 2.75) is 33.7 Å². The Labute approximate surface area is 201 Å². The molecule has 1 aliphatic rings. The van der Waals surface area contributed by atoms with Crippen LogP contribution in [0.25, 0.3) is 11.8 Å². The van der Waals surface area contributed by atoms with E-state index in [9.17, 15) is 14.9 Å². The standard InChI is InChI=1S/C26H33N5O3/c1-18(2)28-25(32)17-29-10-12-30(13-11-29)26(33)22(16-27)15-21-14-19(3)31(20(21)4)23-6-8-24(34-5)9-7-23/h6-9,14-15,18H,10-13,17H2,1-5H3,(H,28,32)/b22-15+. The third kappa shape index (κ3) is 5.86. The summed E-state index contributed by atoms with van der Waals surface area (Å²) in [5, 5.41) is 12.6. The van der Waals surface area contributed by atoms with E-state index in [1.807, 2.05) is 62.9 Å². The Morgan fingerprint density at radius 2 is 1.79 bits per heavy atom. The summed E-state index contributed by atoms with van der Waals surface area (Å²) in [5.41, 5.74) is 3.89. The van der Waals surface area contributed by atoms with E-state index in [1.54, 1.807) is 18.1 Å². The number of hydrogen-bond acceptors (Lipinski definition) is 5. The number of ether oxygens (including phenoxy) is 1. The number of methoxy groups -OCH3 is 1. The predicted molar refractivity (Wildman–Crippen MR) is 132 cm³/mol. The monoisotopic (exact) mass is 463 g/mol. The zero-order valence-corrected chi connectivity index (χ0v) is 20.6. The van der Waals surface area contributed by atoms with Crippen molar-refractivity contribution >= 4 is 17.9 Å². The van der Waals surface area contributed by atoms with E-state index in [0.717, 1.165) is 28.4 Å². The molecule has 34 heavy (non-hydrogen) atoms. The first-order valence-electron chi connectivity index (χ1n) is 11.5. The fourth-order valence-corrected chi connectivity index (χ4v) is 4.21. The number of rotatable bonds is 7. The van der Waals surface area contributed by atoms with Crippen LogP contribution in [0.15, 0.2) is 35.9 Å². The molecule has 2 heterocycles. The van der Waals surface area contributed by atoms with Gasteiger partial charge in [-0.2, -0.15) is 5.26 Å². The van der Waals surface area contributed by atoms with Gasteiger partial charge < -0.3 is 19.5 Å². The Kier molecular flexibility index (Phi) is 8.13. The van der Waals surface area contributed by atoms with Gasteiger partial charge in [0.25, 0.3) is 5.91 Å². The zero-order valence-electron chi connectivity index (χ0n) is 20.6. The van der Waals surface area contributed by atoms with E-state index in [1.165, 1.54) is 0 Å². The molecule has 0 saturated carbocycles. The lowest BCUT2D eigenvalue weighted by molar-refractivity contribution is -0.129. The number of benzene rings is 1. The van der Waals surface area contributed by atoms with Gasteiger partial charge in [-0.05, 0) is 69.7 Å². The summed E-state index contributed by atoms with van der Waals surface area (Å²) >= 11 is 0. The van der Waals surface area contributed by atoms with E-state index in [2.05, 4.69) is 16.0 Å². The van der Waals surface area contributed by atoms with E-state index in [0.29, 0.717) is 32.7 Å². The number of aromatic nitrogens is 1. The largest absolute Gasteiger partial charge is 0.497 e. The lowest BCUT2D eigenvalue weighted by atomic mass is 10.1. The van der Waals surface area contributed by atoms with Crippen LogP contribution in [0.1, 0.15) is 30.8 Å². The van der Waals surface area contributed by atoms with Crippen molar-refractivity contribution in [3.8, 4) is 17.5 Å². The van der Waals surface area contributed by atoms with Gasteiger partial charge in [-0.25, -0.2) is 0 Å². The minimum absolute atomic E-state index is 0.0143. The first-order valence-corrected chi connectivity index (χ1v) is 11.5. The molecule has 0 bridgehead atoms. The minimum Gasteiger partial charge on any atom is -0.497 e. The maximum atomic E-state index is 13.1. The molecule has 8 heteroatoms. The topological polar surface area (TPSA) is 90.6 Å². The highest BCUT2D eigenvalue weighted by Crippen LogP contribution is 2.24. The van der Waals surface area contributed by atoms with Crippen molar-refractivity contribution in [2.24, 2.45) is 0 Å². The van der Waals surface area contributed by atoms with Gasteiger partial charge in [0.1, 0.15) is 17.4 Å². The molecular weight excluding hydrogens is 430 g/mol. The molecule has 0 unspecified atom stereocenters. The molecular formula is C26H33N5O3. The molecule has 3 rings (SSSR count). The van der Waals surface area contributed by atoms with Gasteiger partial charge in [-0.1, -0.05) is 0 Å². The first kappa shape index (κ1) is 25.1. The van der Waals surface area contributed by atoms with Crippen LogP contribution in [0.3, 0.4) is 0 Å². The van der Waals surface area contributed by atoms with E-state index < -0.39 is 0 Å². The summed E-state index contributed by atoms with van der Waals surface area (Å²) in [5.74, 6) is 0.493. The van der Waals surface area contributed by atoms with Crippen molar-refractivity contribution in [1.82, 2.24) is 19.7 Å². The van der Waals surface area contributed by atoms with Crippen LogP contribution in [0.5, 0.6) is 5.75 Å². The van der Waals surface area contributed by atoms with Gasteiger partial charge in [-0.15, -0.1) is 0 Å². The Morgan fingerprint density at radius 1 is 1.15 bits per heavy atom. The Morgan fingerprint density at radius 3 is 2.35 bits per heavy atom. The molecule has 1 aromatic carbocycles. The van der Waals surface area contributed by atoms with Crippen LogP contribution in [0.4, 0.5) is 0 Å². The van der Waals surface area contributed by atoms with E-state index in [-0.39, 0.29) is 23.4 Å². The highest BCUT2D eigenvalue weighted by atomic mass is 16.5. The van der Waals surface area contributed by atoms with E-state index >= 15 is 0 Å². The molecule has 1 saturated heterocycles.